The number of hydrazone groups is 1. The van der Waals surface area contributed by atoms with E-state index in [-0.39, 0.29) is 11.2 Å². The fraction of sp³-hybridized carbons (Fsp3) is 0.263. The van der Waals surface area contributed by atoms with Crippen molar-refractivity contribution in [1.29, 1.82) is 0 Å². The molecule has 2 aromatic rings. The van der Waals surface area contributed by atoms with Gasteiger partial charge in [0.25, 0.3) is 5.91 Å². The molecule has 6 nitrogen and oxygen atoms in total. The molecule has 27 heavy (non-hydrogen) atoms. The molecule has 0 aliphatic rings. The predicted molar refractivity (Wildman–Crippen MR) is 109 cm³/mol. The number of hydrogen-bond donors (Lipinski definition) is 1. The zero-order valence-electron chi connectivity index (χ0n) is 15.5. The molecule has 2 rings (SSSR count). The number of halogens is 1. The molecular weight excluding hydrogens is 388 g/mol. The Kier molecular flexibility index (Phi) is 7.82. The van der Waals surface area contributed by atoms with Crippen LogP contribution >= 0.6 is 23.4 Å². The monoisotopic (exact) mass is 408 g/mol. The van der Waals surface area contributed by atoms with Crippen LogP contribution in [0.15, 0.2) is 46.4 Å². The third kappa shape index (κ3) is 5.80. The second-order valence-corrected chi connectivity index (χ2v) is 7.26. The van der Waals surface area contributed by atoms with Gasteiger partial charge in [0, 0.05) is 15.5 Å². The van der Waals surface area contributed by atoms with Crippen LogP contribution in [0.25, 0.3) is 0 Å². The fourth-order valence-corrected chi connectivity index (χ4v) is 3.20. The summed E-state index contributed by atoms with van der Waals surface area (Å²) in [5.74, 6) is 1.31. The lowest BCUT2D eigenvalue weighted by molar-refractivity contribution is -0.120. The van der Waals surface area contributed by atoms with E-state index in [0.717, 1.165) is 4.90 Å². The summed E-state index contributed by atoms with van der Waals surface area (Å²) < 4.78 is 15.9. The Labute approximate surface area is 167 Å². The molecule has 144 valence electrons. The van der Waals surface area contributed by atoms with Crippen LogP contribution < -0.4 is 19.6 Å². The molecular formula is C19H21ClN2O4S. The van der Waals surface area contributed by atoms with Gasteiger partial charge in [-0.05, 0) is 43.3 Å². The molecule has 0 saturated heterocycles. The van der Waals surface area contributed by atoms with E-state index in [0.29, 0.717) is 27.8 Å². The number of ether oxygens (including phenoxy) is 3. The van der Waals surface area contributed by atoms with E-state index >= 15 is 0 Å². The van der Waals surface area contributed by atoms with Gasteiger partial charge in [0.05, 0.1) is 32.8 Å². The smallest absolute Gasteiger partial charge is 0.253 e. The van der Waals surface area contributed by atoms with Gasteiger partial charge in [-0.15, -0.1) is 11.8 Å². The zero-order valence-corrected chi connectivity index (χ0v) is 17.1. The van der Waals surface area contributed by atoms with E-state index in [1.165, 1.54) is 39.3 Å². The normalized spacial score (nSPS) is 11.9. The van der Waals surface area contributed by atoms with E-state index in [1.807, 2.05) is 19.1 Å². The first kappa shape index (κ1) is 20.9. The summed E-state index contributed by atoms with van der Waals surface area (Å²) in [6.07, 6.45) is 1.52. The third-order valence-electron chi connectivity index (χ3n) is 3.57. The number of nitrogens with one attached hydrogen (secondary N) is 1. The van der Waals surface area contributed by atoms with Gasteiger partial charge in [0.2, 0.25) is 5.75 Å². The largest absolute Gasteiger partial charge is 0.493 e. The van der Waals surface area contributed by atoms with E-state index in [9.17, 15) is 4.79 Å². The van der Waals surface area contributed by atoms with Crippen molar-refractivity contribution in [3.05, 3.63) is 47.0 Å². The number of carbonyl (C=O) groups excluding carboxylic acids is 1. The summed E-state index contributed by atoms with van der Waals surface area (Å²) in [5.41, 5.74) is 3.23. The lowest BCUT2D eigenvalue weighted by Crippen LogP contribution is -2.26. The van der Waals surface area contributed by atoms with Gasteiger partial charge < -0.3 is 14.2 Å². The van der Waals surface area contributed by atoms with E-state index in [4.69, 9.17) is 25.8 Å². The number of benzene rings is 2. The lowest BCUT2D eigenvalue weighted by atomic mass is 10.2. The van der Waals surface area contributed by atoms with Gasteiger partial charge in [0.1, 0.15) is 0 Å². The lowest BCUT2D eigenvalue weighted by Gasteiger charge is -2.12. The molecule has 0 unspecified atom stereocenters. The SMILES string of the molecule is COc1cc(/C=N\NC(=O)[C@@H](C)Sc2ccc(Cl)cc2)cc(OC)c1OC. The van der Waals surface area contributed by atoms with Crippen LogP contribution in [0.5, 0.6) is 17.2 Å². The second-order valence-electron chi connectivity index (χ2n) is 5.41. The van der Waals surface area contributed by atoms with Gasteiger partial charge in [-0.25, -0.2) is 5.43 Å². The number of rotatable bonds is 8. The first-order valence-corrected chi connectivity index (χ1v) is 9.29. The number of amides is 1. The second kappa shape index (κ2) is 10.1. The van der Waals surface area contributed by atoms with Crippen molar-refractivity contribution < 1.29 is 19.0 Å². The molecule has 1 atom stereocenters. The first-order chi connectivity index (χ1) is 13.0. The molecule has 0 aliphatic heterocycles. The molecule has 0 spiro atoms. The van der Waals surface area contributed by atoms with Crippen molar-refractivity contribution in [3.63, 3.8) is 0 Å². The summed E-state index contributed by atoms with van der Waals surface area (Å²) in [4.78, 5) is 13.2. The minimum Gasteiger partial charge on any atom is -0.493 e. The van der Waals surface area contributed by atoms with Crippen LogP contribution in [0.3, 0.4) is 0 Å². The number of thioether (sulfide) groups is 1. The van der Waals surface area contributed by atoms with Crippen LogP contribution in [0, 0.1) is 0 Å². The Morgan fingerprint density at radius 2 is 1.70 bits per heavy atom. The predicted octanol–water partition coefficient (Wildman–Crippen LogP) is 4.00. The van der Waals surface area contributed by atoms with Crippen LogP contribution in [-0.2, 0) is 4.79 Å². The van der Waals surface area contributed by atoms with Crippen molar-refractivity contribution in [2.75, 3.05) is 21.3 Å². The highest BCUT2D eigenvalue weighted by molar-refractivity contribution is 8.00. The molecule has 8 heteroatoms. The number of hydrogen-bond acceptors (Lipinski definition) is 6. The topological polar surface area (TPSA) is 69.2 Å². The first-order valence-electron chi connectivity index (χ1n) is 8.03. The average Bonchev–Trinajstić information content (AvgIpc) is 2.68. The number of nitrogens with zero attached hydrogens (tertiary/aromatic N) is 1. The zero-order chi connectivity index (χ0) is 19.8. The molecule has 0 heterocycles. The van der Waals surface area contributed by atoms with Gasteiger partial charge in [0.15, 0.2) is 11.5 Å². The summed E-state index contributed by atoms with van der Waals surface area (Å²) in [5, 5.41) is 4.36. The molecule has 0 aromatic heterocycles. The maximum atomic E-state index is 12.2. The highest BCUT2D eigenvalue weighted by Crippen LogP contribution is 2.37. The maximum absolute atomic E-state index is 12.2. The molecule has 0 aliphatic carbocycles. The van der Waals surface area contributed by atoms with Crippen LogP contribution in [-0.4, -0.2) is 38.7 Å². The quantitative estimate of drug-likeness (QED) is 0.406. The Hall–Kier alpha value is -2.38. The molecule has 0 fully saturated rings. The van der Waals surface area contributed by atoms with Crippen molar-refractivity contribution in [2.45, 2.75) is 17.1 Å². The Morgan fingerprint density at radius 3 is 2.22 bits per heavy atom. The maximum Gasteiger partial charge on any atom is 0.253 e. The van der Waals surface area contributed by atoms with Crippen LogP contribution in [0.4, 0.5) is 0 Å². The molecule has 0 saturated carbocycles. The summed E-state index contributed by atoms with van der Waals surface area (Å²) in [6.45, 7) is 1.81. The highest BCUT2D eigenvalue weighted by Gasteiger charge is 2.14. The van der Waals surface area contributed by atoms with Crippen LogP contribution in [0.2, 0.25) is 5.02 Å². The summed E-state index contributed by atoms with van der Waals surface area (Å²) in [7, 11) is 4.61. The van der Waals surface area contributed by atoms with E-state index < -0.39 is 0 Å². The van der Waals surface area contributed by atoms with Crippen LogP contribution in [0.1, 0.15) is 12.5 Å². The number of carbonyl (C=O) groups is 1. The minimum absolute atomic E-state index is 0.210. The fourth-order valence-electron chi connectivity index (χ4n) is 2.21. The summed E-state index contributed by atoms with van der Waals surface area (Å²) >= 11 is 7.29. The molecule has 2 aromatic carbocycles. The highest BCUT2D eigenvalue weighted by atomic mass is 35.5. The minimum atomic E-state index is -0.316. The van der Waals surface area contributed by atoms with Gasteiger partial charge >= 0.3 is 0 Å². The Balaban J connectivity index is 2.01. The molecule has 0 bridgehead atoms. The third-order valence-corrected chi connectivity index (χ3v) is 4.94. The van der Waals surface area contributed by atoms with E-state index in [2.05, 4.69) is 10.5 Å². The van der Waals surface area contributed by atoms with Gasteiger partial charge in [-0.1, -0.05) is 11.6 Å². The van der Waals surface area contributed by atoms with Gasteiger partial charge in [-0.2, -0.15) is 5.10 Å². The van der Waals surface area contributed by atoms with E-state index in [1.54, 1.807) is 24.3 Å². The Morgan fingerprint density at radius 1 is 1.11 bits per heavy atom. The molecule has 0 radical (unpaired) electrons. The average molecular weight is 409 g/mol. The standard InChI is InChI=1S/C19H21ClN2O4S/c1-12(27-15-7-5-14(20)6-8-15)19(23)22-21-11-13-9-16(24-2)18(26-4)17(10-13)25-3/h5-12H,1-4H3,(H,22,23)/b21-11-/t12-/m1/s1. The van der Waals surface area contributed by atoms with Crippen molar-refractivity contribution in [3.8, 4) is 17.2 Å². The van der Waals surface area contributed by atoms with Crippen molar-refractivity contribution in [1.82, 2.24) is 5.43 Å². The molecule has 1 N–H and O–H groups in total. The van der Waals surface area contributed by atoms with Gasteiger partial charge in [-0.3, -0.25) is 4.79 Å². The van der Waals surface area contributed by atoms with Crippen molar-refractivity contribution >= 4 is 35.5 Å². The van der Waals surface area contributed by atoms with Crippen molar-refractivity contribution in [2.24, 2.45) is 5.10 Å². The summed E-state index contributed by atoms with van der Waals surface area (Å²) in [6, 6.07) is 10.8. The number of methoxy groups -OCH3 is 3. The Bertz CT molecular complexity index is 787. The molecule has 1 amide bonds.